The predicted octanol–water partition coefficient (Wildman–Crippen LogP) is 4.13. The summed E-state index contributed by atoms with van der Waals surface area (Å²) in [5, 5.41) is 0. The van der Waals surface area contributed by atoms with E-state index in [-0.39, 0.29) is 12.2 Å². The summed E-state index contributed by atoms with van der Waals surface area (Å²) >= 11 is 1.31. The van der Waals surface area contributed by atoms with E-state index in [2.05, 4.69) is 4.99 Å². The molecule has 1 aromatic heterocycles. The van der Waals surface area contributed by atoms with Crippen molar-refractivity contribution in [3.05, 3.63) is 115 Å². The fraction of sp³-hybridized carbons (Fsp3) is 0.148. The van der Waals surface area contributed by atoms with Crippen LogP contribution in [0, 0.1) is 0 Å². The van der Waals surface area contributed by atoms with Gasteiger partial charge in [-0.05, 0) is 31.1 Å². The Labute approximate surface area is 196 Å². The van der Waals surface area contributed by atoms with Crippen LogP contribution in [-0.4, -0.2) is 17.1 Å². The largest absolute Gasteiger partial charge is 0.463 e. The van der Waals surface area contributed by atoms with E-state index < -0.39 is 12.0 Å². The summed E-state index contributed by atoms with van der Waals surface area (Å²) < 4.78 is 7.42. The monoisotopic (exact) mass is 456 g/mol. The first kappa shape index (κ1) is 22.4. The molecule has 2 heterocycles. The minimum absolute atomic E-state index is 0.187. The van der Waals surface area contributed by atoms with Crippen molar-refractivity contribution in [1.29, 1.82) is 0 Å². The van der Waals surface area contributed by atoms with Gasteiger partial charge in [0.05, 0.1) is 28.5 Å². The average molecular weight is 457 g/mol. The van der Waals surface area contributed by atoms with Gasteiger partial charge < -0.3 is 4.74 Å². The summed E-state index contributed by atoms with van der Waals surface area (Å²) in [5.74, 6) is -0.459. The molecule has 0 saturated carbocycles. The molecule has 0 spiro atoms. The van der Waals surface area contributed by atoms with Crippen molar-refractivity contribution in [1.82, 2.24) is 4.57 Å². The molecular formula is C27H24N2O3S. The number of benzene rings is 2. The lowest BCUT2D eigenvalue weighted by Crippen LogP contribution is -2.38. The minimum atomic E-state index is -0.597. The number of hydrogen-bond donors (Lipinski definition) is 0. The Balaban J connectivity index is 1.79. The summed E-state index contributed by atoms with van der Waals surface area (Å²) in [6.45, 7) is 3.79. The van der Waals surface area contributed by atoms with Gasteiger partial charge in [-0.15, -0.1) is 0 Å². The van der Waals surface area contributed by atoms with Crippen LogP contribution >= 0.6 is 11.3 Å². The molecule has 1 aliphatic rings. The molecule has 4 rings (SSSR count). The molecule has 0 amide bonds. The van der Waals surface area contributed by atoms with E-state index in [1.54, 1.807) is 24.5 Å². The second-order valence-corrected chi connectivity index (χ2v) is 8.42. The van der Waals surface area contributed by atoms with Gasteiger partial charge in [0.15, 0.2) is 4.80 Å². The summed E-state index contributed by atoms with van der Waals surface area (Å²) in [4.78, 5) is 31.3. The molecule has 33 heavy (non-hydrogen) atoms. The van der Waals surface area contributed by atoms with E-state index in [9.17, 15) is 9.59 Å². The van der Waals surface area contributed by atoms with Crippen LogP contribution in [-0.2, 0) is 9.53 Å². The lowest BCUT2D eigenvalue weighted by molar-refractivity contribution is -0.139. The molecule has 0 saturated heterocycles. The van der Waals surface area contributed by atoms with Gasteiger partial charge in [-0.3, -0.25) is 9.36 Å². The van der Waals surface area contributed by atoms with Crippen molar-refractivity contribution in [3.8, 4) is 0 Å². The molecule has 1 unspecified atom stereocenters. The Kier molecular flexibility index (Phi) is 6.95. The van der Waals surface area contributed by atoms with Crippen molar-refractivity contribution in [2.45, 2.75) is 19.9 Å². The maximum atomic E-state index is 13.4. The first-order valence-corrected chi connectivity index (χ1v) is 11.5. The summed E-state index contributed by atoms with van der Waals surface area (Å²) in [7, 11) is 0. The SMILES string of the molecule is CCOC(=O)C1=C(C)N=c2sc(=C/C=C/c3ccccc3)c(=O)n2C1/C=C/c1ccccc1. The van der Waals surface area contributed by atoms with Crippen molar-refractivity contribution in [2.24, 2.45) is 4.99 Å². The highest BCUT2D eigenvalue weighted by molar-refractivity contribution is 7.07. The van der Waals surface area contributed by atoms with Crippen molar-refractivity contribution < 1.29 is 9.53 Å². The van der Waals surface area contributed by atoms with Gasteiger partial charge in [0, 0.05) is 0 Å². The number of rotatable bonds is 6. The van der Waals surface area contributed by atoms with Crippen LogP contribution in [0.15, 0.2) is 93.9 Å². The molecule has 6 heteroatoms. The Morgan fingerprint density at radius 1 is 1.06 bits per heavy atom. The van der Waals surface area contributed by atoms with Crippen LogP contribution < -0.4 is 14.9 Å². The van der Waals surface area contributed by atoms with E-state index in [1.165, 1.54) is 11.3 Å². The maximum absolute atomic E-state index is 13.4. The Morgan fingerprint density at radius 3 is 2.33 bits per heavy atom. The molecule has 0 fully saturated rings. The van der Waals surface area contributed by atoms with Gasteiger partial charge in [0.25, 0.3) is 5.56 Å². The zero-order chi connectivity index (χ0) is 23.2. The molecule has 3 aromatic rings. The quantitative estimate of drug-likeness (QED) is 0.524. The minimum Gasteiger partial charge on any atom is -0.463 e. The van der Waals surface area contributed by atoms with Crippen LogP contribution in [0.4, 0.5) is 0 Å². The normalized spacial score (nSPS) is 16.3. The fourth-order valence-corrected chi connectivity index (χ4v) is 4.61. The Bertz CT molecular complexity index is 1410. The third-order valence-electron chi connectivity index (χ3n) is 5.17. The molecule has 0 radical (unpaired) electrons. The first-order chi connectivity index (χ1) is 16.1. The van der Waals surface area contributed by atoms with E-state index in [0.717, 1.165) is 11.1 Å². The van der Waals surface area contributed by atoms with Gasteiger partial charge >= 0.3 is 5.97 Å². The Morgan fingerprint density at radius 2 is 1.70 bits per heavy atom. The number of aromatic nitrogens is 1. The van der Waals surface area contributed by atoms with Crippen LogP contribution in [0.2, 0.25) is 0 Å². The number of thiazole rings is 1. The number of carbonyl (C=O) groups excluding carboxylic acids is 1. The van der Waals surface area contributed by atoms with Crippen LogP contribution in [0.1, 0.15) is 31.0 Å². The van der Waals surface area contributed by atoms with Crippen LogP contribution in [0.3, 0.4) is 0 Å². The summed E-state index contributed by atoms with van der Waals surface area (Å²) in [6, 6.07) is 19.0. The number of esters is 1. The molecule has 5 nitrogen and oxygen atoms in total. The van der Waals surface area contributed by atoms with Gasteiger partial charge in [-0.1, -0.05) is 96.3 Å². The van der Waals surface area contributed by atoms with E-state index >= 15 is 0 Å². The van der Waals surface area contributed by atoms with E-state index in [1.807, 2.05) is 85.0 Å². The summed E-state index contributed by atoms with van der Waals surface area (Å²) in [5.41, 5.74) is 2.77. The van der Waals surface area contributed by atoms with Crippen LogP contribution in [0.5, 0.6) is 0 Å². The molecular weight excluding hydrogens is 432 g/mol. The van der Waals surface area contributed by atoms with Crippen molar-refractivity contribution in [2.75, 3.05) is 6.61 Å². The van der Waals surface area contributed by atoms with Gasteiger partial charge in [-0.2, -0.15) is 0 Å². The van der Waals surface area contributed by atoms with E-state index in [0.29, 0.717) is 20.6 Å². The lowest BCUT2D eigenvalue weighted by Gasteiger charge is -2.21. The third kappa shape index (κ3) is 5.02. The molecule has 2 aromatic carbocycles. The highest BCUT2D eigenvalue weighted by Gasteiger charge is 2.30. The lowest BCUT2D eigenvalue weighted by atomic mass is 10.0. The standard InChI is InChI=1S/C27H24N2O3S/c1-3-32-26(31)24-19(2)28-27-29(22(24)18-17-21-13-8-5-9-14-21)25(30)23(33-27)16-10-15-20-11-6-4-7-12-20/h4-18,22H,3H2,1-2H3/b15-10+,18-17+,23-16?. The van der Waals surface area contributed by atoms with E-state index in [4.69, 9.17) is 4.74 Å². The molecule has 0 N–H and O–H groups in total. The molecule has 0 aliphatic carbocycles. The number of allylic oxidation sites excluding steroid dienone is 3. The van der Waals surface area contributed by atoms with Gasteiger partial charge in [0.2, 0.25) is 0 Å². The Hall–Kier alpha value is -3.77. The average Bonchev–Trinajstić information content (AvgIpc) is 3.13. The first-order valence-electron chi connectivity index (χ1n) is 10.7. The summed E-state index contributed by atoms with van der Waals surface area (Å²) in [6.07, 6.45) is 9.37. The predicted molar refractivity (Wildman–Crippen MR) is 133 cm³/mol. The maximum Gasteiger partial charge on any atom is 0.338 e. The molecule has 166 valence electrons. The molecule has 1 atom stereocenters. The van der Waals surface area contributed by atoms with Gasteiger partial charge in [-0.25, -0.2) is 9.79 Å². The topological polar surface area (TPSA) is 60.7 Å². The molecule has 0 bridgehead atoms. The highest BCUT2D eigenvalue weighted by Crippen LogP contribution is 2.26. The smallest absolute Gasteiger partial charge is 0.338 e. The van der Waals surface area contributed by atoms with Crippen molar-refractivity contribution in [3.63, 3.8) is 0 Å². The second-order valence-electron chi connectivity index (χ2n) is 7.41. The third-order valence-corrected chi connectivity index (χ3v) is 6.17. The number of fused-ring (bicyclic) bond motifs is 1. The number of nitrogens with zero attached hydrogens (tertiary/aromatic N) is 2. The van der Waals surface area contributed by atoms with Gasteiger partial charge in [0.1, 0.15) is 0 Å². The molecule has 1 aliphatic heterocycles. The zero-order valence-corrected chi connectivity index (χ0v) is 19.3. The zero-order valence-electron chi connectivity index (χ0n) is 18.5. The van der Waals surface area contributed by atoms with Crippen molar-refractivity contribution >= 4 is 35.5 Å². The second kappa shape index (κ2) is 10.2. The number of carbonyl (C=O) groups is 1. The fourth-order valence-electron chi connectivity index (χ4n) is 3.61. The number of ether oxygens (including phenoxy) is 1. The highest BCUT2D eigenvalue weighted by atomic mass is 32.1. The van der Waals surface area contributed by atoms with Crippen LogP contribution in [0.25, 0.3) is 18.2 Å². The number of hydrogen-bond acceptors (Lipinski definition) is 5.